The van der Waals surface area contributed by atoms with Crippen LogP contribution in [-0.4, -0.2) is 30.7 Å². The van der Waals surface area contributed by atoms with Crippen molar-refractivity contribution in [1.29, 1.82) is 0 Å². The van der Waals surface area contributed by atoms with Crippen molar-refractivity contribution in [2.75, 3.05) is 19.8 Å². The molecule has 0 amide bonds. The molecular weight excluding hydrogens is 518 g/mol. The normalized spacial score (nSPS) is 14.7. The lowest BCUT2D eigenvalue weighted by molar-refractivity contribution is -0.523. The van der Waals surface area contributed by atoms with Crippen LogP contribution in [-0.2, 0) is 21.9 Å². The first-order chi connectivity index (χ1) is 17.8. The molecule has 0 radical (unpaired) electrons. The second-order valence-electron chi connectivity index (χ2n) is 8.99. The molecule has 0 heterocycles. The maximum Gasteiger partial charge on any atom is 0.416 e. The highest BCUT2D eigenvalue weighted by molar-refractivity contribution is 5.34. The van der Waals surface area contributed by atoms with Crippen LogP contribution in [0.4, 0.5) is 26.3 Å². The first kappa shape index (κ1) is 31.5. The maximum atomic E-state index is 13.2. The van der Waals surface area contributed by atoms with E-state index in [9.17, 15) is 36.5 Å². The van der Waals surface area contributed by atoms with Crippen molar-refractivity contribution >= 4 is 0 Å². The summed E-state index contributed by atoms with van der Waals surface area (Å²) in [5.41, 5.74) is 0.300. The Labute approximate surface area is 217 Å². The van der Waals surface area contributed by atoms with E-state index in [2.05, 4.69) is 5.48 Å². The third kappa shape index (κ3) is 10.2. The van der Waals surface area contributed by atoms with Gasteiger partial charge in [-0.05, 0) is 49.1 Å². The Hall–Kier alpha value is -2.70. The van der Waals surface area contributed by atoms with E-state index in [1.54, 1.807) is 30.3 Å². The van der Waals surface area contributed by atoms with Gasteiger partial charge < -0.3 is 9.57 Å². The highest BCUT2D eigenvalue weighted by Crippen LogP contribution is 2.38. The minimum absolute atomic E-state index is 0.0140. The minimum atomic E-state index is -4.96. The van der Waals surface area contributed by atoms with Gasteiger partial charge in [0, 0.05) is 17.3 Å². The number of benzene rings is 2. The standard InChI is InChI=1S/C26H32F6N2O4/c1-3-4-12-38-33-16-24(34(35)36)11-10-20(19-8-6-5-7-9-19)17-37-18(2)21-13-22(25(27,28)29)15-23(14-21)26(30,31)32/h5-9,13-15,18,20,24,33H,3-4,10-12,16-17H2,1-2H3/t18-,20+,24?/m1/s1. The van der Waals surface area contributed by atoms with Gasteiger partial charge in [-0.25, -0.2) is 0 Å². The van der Waals surface area contributed by atoms with Crippen LogP contribution in [0.3, 0.4) is 0 Å². The lowest BCUT2D eigenvalue weighted by atomic mass is 9.93. The maximum absolute atomic E-state index is 13.2. The van der Waals surface area contributed by atoms with E-state index in [4.69, 9.17) is 9.57 Å². The van der Waals surface area contributed by atoms with Gasteiger partial charge in [-0.15, -0.1) is 0 Å². The average Bonchev–Trinajstić information content (AvgIpc) is 2.86. The summed E-state index contributed by atoms with van der Waals surface area (Å²) >= 11 is 0. The fourth-order valence-corrected chi connectivity index (χ4v) is 3.76. The van der Waals surface area contributed by atoms with Crippen LogP contribution < -0.4 is 5.48 Å². The SMILES string of the molecule is CCCCONCC(CC[C@@H](CO[C@H](C)c1cc(C(F)(F)F)cc(C(F)(F)F)c1)c1ccccc1)[N+](=O)[O-]. The number of nitrogens with one attached hydrogen (secondary N) is 1. The average molecular weight is 551 g/mol. The van der Waals surface area contributed by atoms with Crippen molar-refractivity contribution in [3.63, 3.8) is 0 Å². The van der Waals surface area contributed by atoms with Crippen LogP contribution >= 0.6 is 0 Å². The molecule has 0 spiro atoms. The van der Waals surface area contributed by atoms with Crippen LogP contribution in [0.25, 0.3) is 0 Å². The zero-order chi connectivity index (χ0) is 28.3. The molecule has 12 heteroatoms. The van der Waals surface area contributed by atoms with E-state index in [0.717, 1.165) is 18.4 Å². The number of hydrogen-bond acceptors (Lipinski definition) is 5. The van der Waals surface area contributed by atoms with Crippen molar-refractivity contribution < 1.29 is 40.8 Å². The van der Waals surface area contributed by atoms with E-state index in [-0.39, 0.29) is 37.1 Å². The third-order valence-electron chi connectivity index (χ3n) is 6.07. The van der Waals surface area contributed by atoms with Gasteiger partial charge in [-0.1, -0.05) is 43.7 Å². The Bertz CT molecular complexity index is 969. The quantitative estimate of drug-likeness (QED) is 0.109. The van der Waals surface area contributed by atoms with Crippen molar-refractivity contribution in [2.24, 2.45) is 0 Å². The summed E-state index contributed by atoms with van der Waals surface area (Å²) in [5.74, 6) is -0.380. The summed E-state index contributed by atoms with van der Waals surface area (Å²) in [5, 5.41) is 11.5. The summed E-state index contributed by atoms with van der Waals surface area (Å²) < 4.78 is 85.2. The van der Waals surface area contributed by atoms with Crippen LogP contribution in [0.5, 0.6) is 0 Å². The summed E-state index contributed by atoms with van der Waals surface area (Å²) in [6, 6.07) is 9.29. The van der Waals surface area contributed by atoms with Gasteiger partial charge in [0.1, 0.15) is 0 Å². The molecule has 2 aromatic carbocycles. The molecule has 0 aliphatic heterocycles. The van der Waals surface area contributed by atoms with Crippen LogP contribution in [0.15, 0.2) is 48.5 Å². The smallest absolute Gasteiger partial charge is 0.373 e. The minimum Gasteiger partial charge on any atom is -0.373 e. The zero-order valence-corrected chi connectivity index (χ0v) is 21.1. The van der Waals surface area contributed by atoms with Gasteiger partial charge in [0.2, 0.25) is 6.04 Å². The second-order valence-corrected chi connectivity index (χ2v) is 8.99. The number of rotatable bonds is 15. The number of hydrogen-bond donors (Lipinski definition) is 1. The Kier molecular flexibility index (Phi) is 12.0. The zero-order valence-electron chi connectivity index (χ0n) is 21.1. The molecular formula is C26H32F6N2O4. The second kappa shape index (κ2) is 14.5. The molecule has 2 aromatic rings. The lowest BCUT2D eigenvalue weighted by Crippen LogP contribution is -2.33. The number of hydroxylamine groups is 1. The number of nitro groups is 1. The highest BCUT2D eigenvalue weighted by Gasteiger charge is 2.37. The van der Waals surface area contributed by atoms with E-state index < -0.39 is 40.5 Å². The Morgan fingerprint density at radius 2 is 1.55 bits per heavy atom. The van der Waals surface area contributed by atoms with E-state index in [0.29, 0.717) is 25.2 Å². The fraction of sp³-hybridized carbons (Fsp3) is 0.538. The number of unbranched alkanes of at least 4 members (excludes halogenated alkanes) is 1. The third-order valence-corrected chi connectivity index (χ3v) is 6.07. The molecule has 0 fully saturated rings. The number of halogens is 6. The molecule has 0 aliphatic carbocycles. The summed E-state index contributed by atoms with van der Waals surface area (Å²) in [6.07, 6.45) is -8.86. The molecule has 0 saturated heterocycles. The van der Waals surface area contributed by atoms with Gasteiger partial charge in [0.15, 0.2) is 0 Å². The van der Waals surface area contributed by atoms with Crippen molar-refractivity contribution in [1.82, 2.24) is 5.48 Å². The molecule has 6 nitrogen and oxygen atoms in total. The molecule has 1 N–H and O–H groups in total. The van der Waals surface area contributed by atoms with E-state index >= 15 is 0 Å². The molecule has 212 valence electrons. The van der Waals surface area contributed by atoms with E-state index in [1.165, 1.54) is 6.92 Å². The molecule has 2 rings (SSSR count). The van der Waals surface area contributed by atoms with Gasteiger partial charge in [0.25, 0.3) is 0 Å². The summed E-state index contributed by atoms with van der Waals surface area (Å²) in [7, 11) is 0. The lowest BCUT2D eigenvalue weighted by Gasteiger charge is -2.23. The molecule has 3 atom stereocenters. The molecule has 0 aliphatic rings. The summed E-state index contributed by atoms with van der Waals surface area (Å²) in [4.78, 5) is 16.3. The van der Waals surface area contributed by atoms with Crippen LogP contribution in [0.2, 0.25) is 0 Å². The van der Waals surface area contributed by atoms with Gasteiger partial charge >= 0.3 is 12.4 Å². The fourth-order valence-electron chi connectivity index (χ4n) is 3.76. The Morgan fingerprint density at radius 3 is 2.08 bits per heavy atom. The molecule has 1 unspecified atom stereocenters. The van der Waals surface area contributed by atoms with Crippen molar-refractivity contribution in [3.05, 3.63) is 80.9 Å². The summed E-state index contributed by atoms with van der Waals surface area (Å²) in [6.45, 7) is 3.70. The Balaban J connectivity index is 2.15. The van der Waals surface area contributed by atoms with E-state index in [1.807, 2.05) is 6.92 Å². The van der Waals surface area contributed by atoms with Crippen LogP contribution in [0, 0.1) is 10.1 Å². The van der Waals surface area contributed by atoms with Gasteiger partial charge in [0.05, 0.1) is 37.0 Å². The first-order valence-electron chi connectivity index (χ1n) is 12.3. The number of nitrogens with zero attached hydrogens (tertiary/aromatic N) is 1. The predicted octanol–water partition coefficient (Wildman–Crippen LogP) is 7.33. The monoisotopic (exact) mass is 550 g/mol. The molecule has 0 bridgehead atoms. The van der Waals surface area contributed by atoms with Crippen molar-refractivity contribution in [3.8, 4) is 0 Å². The largest absolute Gasteiger partial charge is 0.416 e. The Morgan fingerprint density at radius 1 is 0.947 bits per heavy atom. The molecule has 0 aromatic heterocycles. The highest BCUT2D eigenvalue weighted by atomic mass is 19.4. The van der Waals surface area contributed by atoms with Gasteiger partial charge in [-0.3, -0.25) is 10.1 Å². The predicted molar refractivity (Wildman–Crippen MR) is 129 cm³/mol. The van der Waals surface area contributed by atoms with Gasteiger partial charge in [-0.2, -0.15) is 31.8 Å². The van der Waals surface area contributed by atoms with Crippen molar-refractivity contribution in [2.45, 2.75) is 69.9 Å². The topological polar surface area (TPSA) is 73.6 Å². The first-order valence-corrected chi connectivity index (χ1v) is 12.3. The molecule has 0 saturated carbocycles. The number of ether oxygens (including phenoxy) is 1. The molecule has 38 heavy (non-hydrogen) atoms. The van der Waals surface area contributed by atoms with Crippen LogP contribution in [0.1, 0.15) is 73.8 Å². The number of alkyl halides is 6.